The van der Waals surface area contributed by atoms with E-state index in [1.54, 1.807) is 18.4 Å². The number of aliphatic hydroxyl groups is 1. The van der Waals surface area contributed by atoms with E-state index < -0.39 is 10.0 Å². The first-order valence-electron chi connectivity index (χ1n) is 9.98. The molecule has 0 amide bonds. The van der Waals surface area contributed by atoms with Gasteiger partial charge in [-0.1, -0.05) is 23.4 Å². The number of fused-ring (bicyclic) bond motifs is 1. The van der Waals surface area contributed by atoms with Gasteiger partial charge in [0, 0.05) is 12.1 Å². The molecule has 11 nitrogen and oxygen atoms in total. The highest BCUT2D eigenvalue weighted by atomic mass is 35.5. The highest BCUT2D eigenvalue weighted by molar-refractivity contribution is 7.98. The molecule has 0 atom stereocenters. The zero-order valence-electron chi connectivity index (χ0n) is 18.5. The summed E-state index contributed by atoms with van der Waals surface area (Å²) in [6.45, 7) is -0.433. The number of thioether (sulfide) groups is 1. The molecule has 35 heavy (non-hydrogen) atoms. The van der Waals surface area contributed by atoms with Gasteiger partial charge in [-0.15, -0.1) is 0 Å². The van der Waals surface area contributed by atoms with Crippen LogP contribution in [0.2, 0.25) is 5.02 Å². The second-order valence-electron chi connectivity index (χ2n) is 6.78. The maximum Gasteiger partial charge on any atom is 0.264 e. The third-order valence-corrected chi connectivity index (χ3v) is 6.76. The van der Waals surface area contributed by atoms with E-state index in [-0.39, 0.29) is 58.3 Å². The Labute approximate surface area is 210 Å². The zero-order valence-corrected chi connectivity index (χ0v) is 20.9. The number of halogens is 1. The Bertz CT molecular complexity index is 1340. The molecule has 1 aliphatic heterocycles. The largest absolute Gasteiger partial charge is 0.497 e. The fourth-order valence-electron chi connectivity index (χ4n) is 2.93. The van der Waals surface area contributed by atoms with E-state index in [1.165, 1.54) is 31.4 Å². The van der Waals surface area contributed by atoms with Gasteiger partial charge in [0.05, 0.1) is 23.6 Å². The summed E-state index contributed by atoms with van der Waals surface area (Å²) in [5.41, 5.74) is 0. The van der Waals surface area contributed by atoms with Crippen molar-refractivity contribution >= 4 is 39.2 Å². The molecular formula is C21H20ClN3O8S2. The molecule has 1 aliphatic rings. The van der Waals surface area contributed by atoms with Crippen molar-refractivity contribution in [1.29, 1.82) is 0 Å². The first-order chi connectivity index (χ1) is 16.8. The average Bonchev–Trinajstić information content (AvgIpc) is 3.33. The third-order valence-electron chi connectivity index (χ3n) is 4.56. The van der Waals surface area contributed by atoms with Crippen LogP contribution in [0, 0.1) is 0 Å². The Balaban J connectivity index is 1.78. The molecule has 1 aromatic heterocycles. The Morgan fingerprint density at radius 2 is 1.97 bits per heavy atom. The van der Waals surface area contributed by atoms with Crippen LogP contribution in [-0.2, 0) is 10.0 Å². The molecule has 2 N–H and O–H groups in total. The zero-order chi connectivity index (χ0) is 25.0. The summed E-state index contributed by atoms with van der Waals surface area (Å²) in [7, 11) is -2.69. The van der Waals surface area contributed by atoms with Gasteiger partial charge in [0.15, 0.2) is 22.5 Å². The minimum Gasteiger partial charge on any atom is -0.497 e. The van der Waals surface area contributed by atoms with Crippen molar-refractivity contribution in [2.75, 3.05) is 38.1 Å². The summed E-state index contributed by atoms with van der Waals surface area (Å²) in [4.78, 5) is 8.44. The van der Waals surface area contributed by atoms with E-state index in [1.807, 2.05) is 0 Å². The predicted octanol–water partition coefficient (Wildman–Crippen LogP) is 3.55. The van der Waals surface area contributed by atoms with Crippen molar-refractivity contribution in [3.8, 4) is 34.6 Å². The van der Waals surface area contributed by atoms with Crippen molar-refractivity contribution in [2.24, 2.45) is 0 Å². The lowest BCUT2D eigenvalue weighted by Gasteiger charge is -2.17. The molecule has 0 saturated heterocycles. The topological polar surface area (TPSA) is 138 Å². The summed E-state index contributed by atoms with van der Waals surface area (Å²) >= 11 is 7.44. The van der Waals surface area contributed by atoms with E-state index in [2.05, 4.69) is 14.7 Å². The van der Waals surface area contributed by atoms with Gasteiger partial charge in [0.1, 0.15) is 18.1 Å². The predicted molar refractivity (Wildman–Crippen MR) is 128 cm³/mol. The molecule has 0 radical (unpaired) electrons. The summed E-state index contributed by atoms with van der Waals surface area (Å²) < 4.78 is 56.1. The minimum absolute atomic E-state index is 0.0000971. The van der Waals surface area contributed by atoms with Crippen LogP contribution in [0.5, 0.6) is 34.6 Å². The second kappa shape index (κ2) is 10.6. The van der Waals surface area contributed by atoms with Gasteiger partial charge in [0.2, 0.25) is 12.5 Å². The number of aromatic nitrogens is 2. The van der Waals surface area contributed by atoms with Gasteiger partial charge in [0.25, 0.3) is 15.9 Å². The maximum absolute atomic E-state index is 13.2. The Morgan fingerprint density at radius 1 is 1.17 bits per heavy atom. The molecule has 4 rings (SSSR count). The van der Waals surface area contributed by atoms with Crippen LogP contribution < -0.4 is 28.4 Å². The van der Waals surface area contributed by atoms with E-state index >= 15 is 0 Å². The molecule has 0 saturated carbocycles. The first-order valence-corrected chi connectivity index (χ1v) is 13.1. The first kappa shape index (κ1) is 25.0. The Hall–Kier alpha value is -3.13. The number of anilines is 1. The number of methoxy groups -OCH3 is 1. The number of rotatable bonds is 10. The molecule has 0 spiro atoms. The van der Waals surface area contributed by atoms with Crippen LogP contribution in [-0.4, -0.2) is 56.9 Å². The second-order valence-corrected chi connectivity index (χ2v) is 9.65. The quantitative estimate of drug-likeness (QED) is 0.288. The number of nitrogens with zero attached hydrogens (tertiary/aromatic N) is 2. The monoisotopic (exact) mass is 541 g/mol. The molecule has 186 valence electrons. The van der Waals surface area contributed by atoms with Gasteiger partial charge in [-0.3, -0.25) is 4.72 Å². The van der Waals surface area contributed by atoms with Crippen LogP contribution in [0.1, 0.15) is 0 Å². The van der Waals surface area contributed by atoms with Crippen molar-refractivity contribution in [1.82, 2.24) is 9.97 Å². The van der Waals surface area contributed by atoms with E-state index in [0.717, 1.165) is 11.8 Å². The molecule has 0 bridgehead atoms. The standard InChI is InChI=1S/C21H20ClN3O8S2/c1-29-12-3-5-14(22)16(9-12)33-18-19(23-21(34-2)24-20(18)30-8-7-26)25-35(27,28)13-4-6-15-17(10-13)32-11-31-15/h3-6,9-10,26H,7-8,11H2,1-2H3,(H,23,24,25). The van der Waals surface area contributed by atoms with Crippen LogP contribution >= 0.6 is 23.4 Å². The fraction of sp³-hybridized carbons (Fsp3) is 0.238. The van der Waals surface area contributed by atoms with Crippen LogP contribution in [0.25, 0.3) is 0 Å². The third kappa shape index (κ3) is 5.59. The van der Waals surface area contributed by atoms with Gasteiger partial charge >= 0.3 is 0 Å². The summed E-state index contributed by atoms with van der Waals surface area (Å²) in [5.74, 6) is 0.875. The van der Waals surface area contributed by atoms with Crippen molar-refractivity contribution in [3.63, 3.8) is 0 Å². The SMILES string of the molecule is COc1ccc(Cl)c(Oc2c(NS(=O)(=O)c3ccc4c(c3)OCO4)nc(SC)nc2OCCO)c1. The number of hydrogen-bond acceptors (Lipinski definition) is 11. The Morgan fingerprint density at radius 3 is 2.71 bits per heavy atom. The average molecular weight is 542 g/mol. The maximum atomic E-state index is 13.2. The van der Waals surface area contributed by atoms with Crippen molar-refractivity contribution < 1.29 is 37.2 Å². The summed E-state index contributed by atoms with van der Waals surface area (Å²) in [5, 5.41) is 9.66. The smallest absolute Gasteiger partial charge is 0.264 e. The van der Waals surface area contributed by atoms with E-state index in [4.69, 9.17) is 35.3 Å². The lowest BCUT2D eigenvalue weighted by atomic mass is 10.3. The van der Waals surface area contributed by atoms with Gasteiger partial charge < -0.3 is 28.8 Å². The number of aliphatic hydroxyl groups excluding tert-OH is 1. The summed E-state index contributed by atoms with van der Waals surface area (Å²) in [6.07, 6.45) is 1.71. The van der Waals surface area contributed by atoms with Gasteiger partial charge in [-0.25, -0.2) is 13.4 Å². The molecule has 3 aromatic rings. The van der Waals surface area contributed by atoms with E-state index in [9.17, 15) is 13.5 Å². The minimum atomic E-state index is -4.16. The van der Waals surface area contributed by atoms with Crippen LogP contribution in [0.4, 0.5) is 5.82 Å². The normalized spacial score (nSPS) is 12.3. The molecule has 2 aromatic carbocycles. The number of sulfonamides is 1. The highest BCUT2D eigenvalue weighted by Gasteiger charge is 2.26. The highest BCUT2D eigenvalue weighted by Crippen LogP contribution is 2.42. The number of benzene rings is 2. The molecular weight excluding hydrogens is 522 g/mol. The number of hydrogen-bond donors (Lipinski definition) is 2. The lowest BCUT2D eigenvalue weighted by Crippen LogP contribution is -2.16. The molecule has 0 unspecified atom stereocenters. The number of ether oxygens (including phenoxy) is 5. The molecule has 0 fully saturated rings. The summed E-state index contributed by atoms with van der Waals surface area (Å²) in [6, 6.07) is 8.90. The lowest BCUT2D eigenvalue weighted by molar-refractivity contribution is 0.174. The van der Waals surface area contributed by atoms with Crippen molar-refractivity contribution in [3.05, 3.63) is 41.4 Å². The van der Waals surface area contributed by atoms with Gasteiger partial charge in [-0.05, 0) is 30.5 Å². The Kier molecular flexibility index (Phi) is 7.60. The fourth-order valence-corrected chi connectivity index (χ4v) is 4.46. The van der Waals surface area contributed by atoms with Crippen LogP contribution in [0.15, 0.2) is 46.5 Å². The molecule has 2 heterocycles. The molecule has 0 aliphatic carbocycles. The number of nitrogens with one attached hydrogen (secondary N) is 1. The van der Waals surface area contributed by atoms with Crippen molar-refractivity contribution in [2.45, 2.75) is 10.1 Å². The van der Waals surface area contributed by atoms with Gasteiger partial charge in [-0.2, -0.15) is 4.98 Å². The van der Waals surface area contributed by atoms with Crippen LogP contribution in [0.3, 0.4) is 0 Å². The van der Waals surface area contributed by atoms with E-state index in [0.29, 0.717) is 17.2 Å². The molecule has 14 heteroatoms.